The zero-order valence-electron chi connectivity index (χ0n) is 11.7. The van der Waals surface area contributed by atoms with Crippen molar-refractivity contribution < 1.29 is 9.59 Å². The van der Waals surface area contributed by atoms with Gasteiger partial charge < -0.3 is 15.5 Å². The van der Waals surface area contributed by atoms with E-state index in [9.17, 15) is 9.59 Å². The summed E-state index contributed by atoms with van der Waals surface area (Å²) in [6.07, 6.45) is 1.59. The molecule has 2 amide bonds. The van der Waals surface area contributed by atoms with Crippen LogP contribution in [0.3, 0.4) is 0 Å². The van der Waals surface area contributed by atoms with Gasteiger partial charge in [0.05, 0.1) is 0 Å². The van der Waals surface area contributed by atoms with Gasteiger partial charge in [-0.15, -0.1) is 12.4 Å². The number of anilines is 1. The molecule has 0 aromatic heterocycles. The number of likely N-dealkylation sites (N-methyl/N-ethyl adjacent to an activating group) is 1. The van der Waals surface area contributed by atoms with E-state index in [2.05, 4.69) is 0 Å². The van der Waals surface area contributed by atoms with Gasteiger partial charge in [0.15, 0.2) is 0 Å². The molecule has 6 heteroatoms. The number of benzene rings is 1. The van der Waals surface area contributed by atoms with Crippen molar-refractivity contribution >= 4 is 29.9 Å². The van der Waals surface area contributed by atoms with Gasteiger partial charge >= 0.3 is 0 Å². The Morgan fingerprint density at radius 2 is 2.05 bits per heavy atom. The van der Waals surface area contributed by atoms with Crippen LogP contribution in [-0.2, 0) is 4.79 Å². The number of hydrogen-bond acceptors (Lipinski definition) is 3. The lowest BCUT2D eigenvalue weighted by Crippen LogP contribution is -2.45. The maximum Gasteiger partial charge on any atom is 0.254 e. The Morgan fingerprint density at radius 3 is 2.65 bits per heavy atom. The number of amides is 2. The van der Waals surface area contributed by atoms with Crippen molar-refractivity contribution in [2.45, 2.75) is 18.9 Å². The summed E-state index contributed by atoms with van der Waals surface area (Å²) in [6, 6.07) is 6.53. The molecule has 1 unspecified atom stereocenters. The van der Waals surface area contributed by atoms with Gasteiger partial charge in [-0.2, -0.15) is 0 Å². The number of hydrogen-bond donors (Lipinski definition) is 1. The van der Waals surface area contributed by atoms with E-state index in [1.807, 2.05) is 0 Å². The van der Waals surface area contributed by atoms with Crippen LogP contribution in [0, 0.1) is 0 Å². The van der Waals surface area contributed by atoms with Crippen LogP contribution >= 0.6 is 12.4 Å². The average molecular weight is 298 g/mol. The molecule has 110 valence electrons. The highest BCUT2D eigenvalue weighted by atomic mass is 35.5. The van der Waals surface area contributed by atoms with E-state index in [4.69, 9.17) is 5.73 Å². The molecule has 20 heavy (non-hydrogen) atoms. The third-order valence-corrected chi connectivity index (χ3v) is 3.37. The minimum Gasteiger partial charge on any atom is -0.399 e. The number of nitrogens with two attached hydrogens (primary N) is 1. The van der Waals surface area contributed by atoms with Crippen LogP contribution in [0.15, 0.2) is 24.3 Å². The Hall–Kier alpha value is -1.75. The maximum atomic E-state index is 12.4. The van der Waals surface area contributed by atoms with Crippen LogP contribution in [-0.4, -0.2) is 48.3 Å². The lowest BCUT2D eigenvalue weighted by molar-refractivity contribution is -0.132. The Morgan fingerprint density at radius 1 is 1.35 bits per heavy atom. The standard InChI is InChI=1S/C14H19N3O2.ClH/c1-16(2)14(19)12-7-4-8-17(12)13(18)10-5-3-6-11(15)9-10;/h3,5-6,9,12H,4,7-8,15H2,1-2H3;1H. The molecular weight excluding hydrogens is 278 g/mol. The van der Waals surface area contributed by atoms with Gasteiger partial charge in [0.25, 0.3) is 5.91 Å². The predicted octanol–water partition coefficient (Wildman–Crippen LogP) is 1.38. The molecule has 0 aliphatic carbocycles. The summed E-state index contributed by atoms with van der Waals surface area (Å²) >= 11 is 0. The minimum atomic E-state index is -0.344. The second-order valence-corrected chi connectivity index (χ2v) is 5.01. The highest BCUT2D eigenvalue weighted by molar-refractivity contribution is 5.98. The molecule has 1 aliphatic heterocycles. The van der Waals surface area contributed by atoms with Crippen molar-refractivity contribution in [3.63, 3.8) is 0 Å². The number of rotatable bonds is 2. The van der Waals surface area contributed by atoms with Crippen molar-refractivity contribution in [1.82, 2.24) is 9.80 Å². The van der Waals surface area contributed by atoms with Crippen molar-refractivity contribution in [2.24, 2.45) is 0 Å². The Labute approximate surface area is 125 Å². The molecule has 1 aliphatic rings. The largest absolute Gasteiger partial charge is 0.399 e. The van der Waals surface area contributed by atoms with E-state index in [-0.39, 0.29) is 30.3 Å². The van der Waals surface area contributed by atoms with Gasteiger partial charge in [0, 0.05) is 31.9 Å². The minimum absolute atomic E-state index is 0. The summed E-state index contributed by atoms with van der Waals surface area (Å²) in [6.45, 7) is 0.623. The predicted molar refractivity (Wildman–Crippen MR) is 80.9 cm³/mol. The molecule has 0 radical (unpaired) electrons. The zero-order valence-corrected chi connectivity index (χ0v) is 12.5. The third-order valence-electron chi connectivity index (χ3n) is 3.37. The third kappa shape index (κ3) is 3.22. The van der Waals surface area contributed by atoms with Crippen molar-refractivity contribution in [1.29, 1.82) is 0 Å². The second kappa shape index (κ2) is 6.61. The van der Waals surface area contributed by atoms with Crippen LogP contribution in [0.25, 0.3) is 0 Å². The summed E-state index contributed by atoms with van der Waals surface area (Å²) in [5, 5.41) is 0. The summed E-state index contributed by atoms with van der Waals surface area (Å²) in [5.41, 5.74) is 6.79. The molecule has 1 atom stereocenters. The lowest BCUT2D eigenvalue weighted by Gasteiger charge is -2.26. The van der Waals surface area contributed by atoms with Gasteiger partial charge in [0.2, 0.25) is 5.91 Å². The maximum absolute atomic E-state index is 12.4. The highest BCUT2D eigenvalue weighted by Crippen LogP contribution is 2.22. The SMILES string of the molecule is CN(C)C(=O)C1CCCN1C(=O)c1cccc(N)c1.Cl. The van der Waals surface area contributed by atoms with E-state index in [0.29, 0.717) is 17.8 Å². The molecule has 1 fully saturated rings. The first-order valence-corrected chi connectivity index (χ1v) is 6.38. The van der Waals surface area contributed by atoms with E-state index < -0.39 is 0 Å². The molecule has 1 aromatic carbocycles. The first-order chi connectivity index (χ1) is 9.00. The smallest absolute Gasteiger partial charge is 0.254 e. The molecule has 0 spiro atoms. The molecule has 1 aromatic rings. The fourth-order valence-corrected chi connectivity index (χ4v) is 2.40. The number of nitrogens with zero attached hydrogens (tertiary/aromatic N) is 2. The highest BCUT2D eigenvalue weighted by Gasteiger charge is 2.35. The number of carbonyl (C=O) groups excluding carboxylic acids is 2. The number of nitrogen functional groups attached to an aromatic ring is 1. The van der Waals surface area contributed by atoms with Crippen molar-refractivity contribution in [3.8, 4) is 0 Å². The number of halogens is 1. The molecular formula is C14H20ClN3O2. The van der Waals surface area contributed by atoms with Crippen molar-refractivity contribution in [3.05, 3.63) is 29.8 Å². The van der Waals surface area contributed by atoms with Crippen LogP contribution in [0.2, 0.25) is 0 Å². The molecule has 2 N–H and O–H groups in total. The van der Waals surface area contributed by atoms with E-state index in [1.54, 1.807) is 43.3 Å². The van der Waals surface area contributed by atoms with E-state index in [0.717, 1.165) is 12.8 Å². The monoisotopic (exact) mass is 297 g/mol. The summed E-state index contributed by atoms with van der Waals surface area (Å²) < 4.78 is 0. The Kier molecular flexibility index (Phi) is 5.39. The lowest BCUT2D eigenvalue weighted by atomic mass is 10.1. The topological polar surface area (TPSA) is 66.6 Å². The van der Waals surface area contributed by atoms with Gasteiger partial charge in [-0.25, -0.2) is 0 Å². The summed E-state index contributed by atoms with van der Waals surface area (Å²) in [7, 11) is 3.42. The van der Waals surface area contributed by atoms with Gasteiger partial charge in [-0.3, -0.25) is 9.59 Å². The zero-order chi connectivity index (χ0) is 14.0. The molecule has 0 saturated carbocycles. The van der Waals surface area contributed by atoms with Gasteiger partial charge in [-0.1, -0.05) is 6.07 Å². The van der Waals surface area contributed by atoms with Crippen molar-refractivity contribution in [2.75, 3.05) is 26.4 Å². The molecule has 1 heterocycles. The molecule has 1 saturated heterocycles. The van der Waals surface area contributed by atoms with Gasteiger partial charge in [0.1, 0.15) is 6.04 Å². The van der Waals surface area contributed by atoms with Crippen LogP contribution < -0.4 is 5.73 Å². The van der Waals surface area contributed by atoms with Crippen LogP contribution in [0.5, 0.6) is 0 Å². The number of likely N-dealkylation sites (tertiary alicyclic amines) is 1. The fraction of sp³-hybridized carbons (Fsp3) is 0.429. The van der Waals surface area contributed by atoms with E-state index >= 15 is 0 Å². The average Bonchev–Trinajstić information content (AvgIpc) is 2.85. The molecule has 2 rings (SSSR count). The first kappa shape index (κ1) is 16.3. The van der Waals surface area contributed by atoms with E-state index in [1.165, 1.54) is 4.90 Å². The Bertz CT molecular complexity index is 505. The summed E-state index contributed by atoms with van der Waals surface area (Å²) in [4.78, 5) is 27.7. The fourth-order valence-electron chi connectivity index (χ4n) is 2.40. The molecule has 0 bridgehead atoms. The summed E-state index contributed by atoms with van der Waals surface area (Å²) in [5.74, 6) is -0.139. The second-order valence-electron chi connectivity index (χ2n) is 5.01. The molecule has 5 nitrogen and oxygen atoms in total. The first-order valence-electron chi connectivity index (χ1n) is 6.38. The Balaban J connectivity index is 0.00000200. The van der Waals surface area contributed by atoms with Crippen LogP contribution in [0.1, 0.15) is 23.2 Å². The normalized spacial score (nSPS) is 17.5. The van der Waals surface area contributed by atoms with Gasteiger partial charge in [-0.05, 0) is 31.0 Å². The van der Waals surface area contributed by atoms with Crippen LogP contribution in [0.4, 0.5) is 5.69 Å². The number of carbonyl (C=O) groups is 2. The quantitative estimate of drug-likeness (QED) is 0.839.